The van der Waals surface area contributed by atoms with Gasteiger partial charge in [0.05, 0.1) is 12.7 Å². The topological polar surface area (TPSA) is 67.4 Å². The van der Waals surface area contributed by atoms with Gasteiger partial charge in [0.15, 0.2) is 0 Å². The fourth-order valence-corrected chi connectivity index (χ4v) is 3.16. The van der Waals surface area contributed by atoms with Gasteiger partial charge in [0, 0.05) is 5.69 Å². The van der Waals surface area contributed by atoms with Crippen molar-refractivity contribution < 1.29 is 14.3 Å². The van der Waals surface area contributed by atoms with E-state index in [1.165, 1.54) is 7.11 Å². The van der Waals surface area contributed by atoms with E-state index < -0.39 is 11.9 Å². The number of methoxy groups -OCH3 is 1. The number of nitrogens with one attached hydrogen (secondary N) is 2. The molecule has 0 atom stereocenters. The van der Waals surface area contributed by atoms with Crippen LogP contribution in [0.5, 0.6) is 5.75 Å². The van der Waals surface area contributed by atoms with E-state index in [4.69, 9.17) is 4.74 Å². The van der Waals surface area contributed by atoms with E-state index in [2.05, 4.69) is 36.6 Å². The molecule has 0 aliphatic heterocycles. The van der Waals surface area contributed by atoms with E-state index in [9.17, 15) is 9.59 Å². The molecule has 3 aromatic rings. The Morgan fingerprint density at radius 3 is 2.28 bits per heavy atom. The third kappa shape index (κ3) is 4.82. The molecular weight excluding hydrogens is 364 g/mol. The molecule has 148 valence electrons. The Bertz CT molecular complexity index is 1010. The van der Waals surface area contributed by atoms with Crippen molar-refractivity contribution in [2.24, 2.45) is 0 Å². The SMILES string of the molecule is COc1ccccc1C(=O)NC(=O)Nc1ccc(-c2ccccc2)c(C(C)C)c1. The van der Waals surface area contributed by atoms with Crippen molar-refractivity contribution in [3.63, 3.8) is 0 Å². The van der Waals surface area contributed by atoms with Gasteiger partial charge in [-0.2, -0.15) is 0 Å². The Kier molecular flexibility index (Phi) is 6.29. The van der Waals surface area contributed by atoms with Crippen LogP contribution in [-0.4, -0.2) is 19.0 Å². The summed E-state index contributed by atoms with van der Waals surface area (Å²) >= 11 is 0. The molecule has 3 rings (SSSR count). The highest BCUT2D eigenvalue weighted by Gasteiger charge is 2.16. The maximum absolute atomic E-state index is 12.4. The lowest BCUT2D eigenvalue weighted by molar-refractivity contribution is 0.0964. The lowest BCUT2D eigenvalue weighted by Gasteiger charge is -2.16. The van der Waals surface area contributed by atoms with Crippen LogP contribution < -0.4 is 15.4 Å². The second-order valence-electron chi connectivity index (χ2n) is 6.93. The van der Waals surface area contributed by atoms with Crippen LogP contribution in [0.15, 0.2) is 72.8 Å². The minimum absolute atomic E-state index is 0.269. The molecule has 0 radical (unpaired) electrons. The van der Waals surface area contributed by atoms with Gasteiger partial charge >= 0.3 is 6.03 Å². The summed E-state index contributed by atoms with van der Waals surface area (Å²) in [5.41, 5.74) is 4.28. The zero-order valence-corrected chi connectivity index (χ0v) is 16.7. The molecule has 3 aromatic carbocycles. The van der Waals surface area contributed by atoms with E-state index in [1.54, 1.807) is 24.3 Å². The van der Waals surface area contributed by atoms with Gasteiger partial charge in [0.25, 0.3) is 5.91 Å². The van der Waals surface area contributed by atoms with Crippen molar-refractivity contribution in [3.8, 4) is 16.9 Å². The maximum Gasteiger partial charge on any atom is 0.326 e. The fourth-order valence-electron chi connectivity index (χ4n) is 3.16. The zero-order valence-electron chi connectivity index (χ0n) is 16.7. The number of ether oxygens (including phenoxy) is 1. The predicted octanol–water partition coefficient (Wildman–Crippen LogP) is 5.45. The van der Waals surface area contributed by atoms with E-state index in [0.29, 0.717) is 17.0 Å². The predicted molar refractivity (Wildman–Crippen MR) is 115 cm³/mol. The fraction of sp³-hybridized carbons (Fsp3) is 0.167. The quantitative estimate of drug-likeness (QED) is 0.611. The summed E-state index contributed by atoms with van der Waals surface area (Å²) in [7, 11) is 1.48. The zero-order chi connectivity index (χ0) is 20.8. The van der Waals surface area contributed by atoms with Crippen LogP contribution in [-0.2, 0) is 0 Å². The molecule has 0 saturated heterocycles. The van der Waals surface area contributed by atoms with Crippen molar-refractivity contribution in [1.82, 2.24) is 5.32 Å². The third-order valence-electron chi connectivity index (χ3n) is 4.59. The smallest absolute Gasteiger partial charge is 0.326 e. The highest BCUT2D eigenvalue weighted by molar-refractivity contribution is 6.09. The average Bonchev–Trinajstić information content (AvgIpc) is 2.74. The first-order valence-electron chi connectivity index (χ1n) is 9.44. The molecule has 0 saturated carbocycles. The third-order valence-corrected chi connectivity index (χ3v) is 4.59. The number of carbonyl (C=O) groups is 2. The summed E-state index contributed by atoms with van der Waals surface area (Å²) in [6, 6.07) is 22.0. The van der Waals surface area contributed by atoms with Crippen molar-refractivity contribution in [1.29, 1.82) is 0 Å². The van der Waals surface area contributed by atoms with E-state index in [1.807, 2.05) is 36.4 Å². The number of urea groups is 1. The normalized spacial score (nSPS) is 10.5. The first-order chi connectivity index (χ1) is 14.0. The van der Waals surface area contributed by atoms with Crippen LogP contribution in [0, 0.1) is 0 Å². The number of hydrogen-bond acceptors (Lipinski definition) is 3. The van der Waals surface area contributed by atoms with Crippen LogP contribution in [0.25, 0.3) is 11.1 Å². The molecule has 0 unspecified atom stereocenters. The molecule has 0 heterocycles. The molecule has 0 aromatic heterocycles. The summed E-state index contributed by atoms with van der Waals surface area (Å²) in [4.78, 5) is 24.7. The van der Waals surface area contributed by atoms with Crippen molar-refractivity contribution in [3.05, 3.63) is 83.9 Å². The Labute approximate surface area is 170 Å². The largest absolute Gasteiger partial charge is 0.496 e. The number of imide groups is 1. The monoisotopic (exact) mass is 388 g/mol. The molecule has 0 spiro atoms. The Hall–Kier alpha value is -3.60. The molecule has 0 aliphatic carbocycles. The van der Waals surface area contributed by atoms with E-state index in [0.717, 1.165) is 16.7 Å². The first-order valence-corrected chi connectivity index (χ1v) is 9.44. The van der Waals surface area contributed by atoms with Gasteiger partial charge in [-0.25, -0.2) is 4.79 Å². The molecule has 5 heteroatoms. The van der Waals surface area contributed by atoms with E-state index >= 15 is 0 Å². The van der Waals surface area contributed by atoms with Crippen LogP contribution in [0.4, 0.5) is 10.5 Å². The molecular formula is C24H24N2O3. The summed E-state index contributed by atoms with van der Waals surface area (Å²) in [6.45, 7) is 4.22. The van der Waals surface area contributed by atoms with Gasteiger partial charge in [-0.1, -0.05) is 62.4 Å². The summed E-state index contributed by atoms with van der Waals surface area (Å²) < 4.78 is 5.17. The van der Waals surface area contributed by atoms with Crippen molar-refractivity contribution in [2.45, 2.75) is 19.8 Å². The first kappa shape index (κ1) is 20.1. The summed E-state index contributed by atoms with van der Waals surface area (Å²) in [6.07, 6.45) is 0. The van der Waals surface area contributed by atoms with Gasteiger partial charge in [0.2, 0.25) is 0 Å². The van der Waals surface area contributed by atoms with Gasteiger partial charge in [0.1, 0.15) is 5.75 Å². The van der Waals surface area contributed by atoms with Crippen LogP contribution in [0.3, 0.4) is 0 Å². The molecule has 0 fully saturated rings. The standard InChI is InChI=1S/C24H24N2O3/c1-16(2)21-15-18(13-14-19(21)17-9-5-4-6-10-17)25-24(28)26-23(27)20-11-7-8-12-22(20)29-3/h4-16H,1-3H3,(H2,25,26,27,28). The summed E-state index contributed by atoms with van der Waals surface area (Å²) in [5.74, 6) is 0.155. The lowest BCUT2D eigenvalue weighted by atomic mass is 9.92. The van der Waals surface area contributed by atoms with Gasteiger partial charge < -0.3 is 10.1 Å². The Morgan fingerprint density at radius 1 is 0.897 bits per heavy atom. The number of carbonyl (C=O) groups excluding carboxylic acids is 2. The number of para-hydroxylation sites is 1. The number of anilines is 1. The Balaban J connectivity index is 1.77. The van der Waals surface area contributed by atoms with E-state index in [-0.39, 0.29) is 5.92 Å². The minimum atomic E-state index is -0.594. The highest BCUT2D eigenvalue weighted by Crippen LogP contribution is 2.31. The minimum Gasteiger partial charge on any atom is -0.496 e. The van der Waals surface area contributed by atoms with Gasteiger partial charge in [-0.15, -0.1) is 0 Å². The molecule has 2 N–H and O–H groups in total. The average molecular weight is 388 g/mol. The second kappa shape index (κ2) is 9.06. The van der Waals surface area contributed by atoms with Gasteiger partial charge in [-0.05, 0) is 46.9 Å². The maximum atomic E-state index is 12.4. The highest BCUT2D eigenvalue weighted by atomic mass is 16.5. The van der Waals surface area contributed by atoms with Crippen LogP contribution in [0.2, 0.25) is 0 Å². The molecule has 29 heavy (non-hydrogen) atoms. The molecule has 0 aliphatic rings. The van der Waals surface area contributed by atoms with Crippen LogP contribution in [0.1, 0.15) is 35.7 Å². The number of benzene rings is 3. The van der Waals surface area contributed by atoms with Gasteiger partial charge in [-0.3, -0.25) is 10.1 Å². The molecule has 0 bridgehead atoms. The lowest BCUT2D eigenvalue weighted by Crippen LogP contribution is -2.34. The molecule has 3 amide bonds. The van der Waals surface area contributed by atoms with Crippen molar-refractivity contribution >= 4 is 17.6 Å². The number of amides is 3. The second-order valence-corrected chi connectivity index (χ2v) is 6.93. The van der Waals surface area contributed by atoms with Crippen molar-refractivity contribution in [2.75, 3.05) is 12.4 Å². The summed E-state index contributed by atoms with van der Waals surface area (Å²) in [5, 5.41) is 5.09. The van der Waals surface area contributed by atoms with Crippen LogP contribution >= 0.6 is 0 Å². The molecule has 5 nitrogen and oxygen atoms in total. The number of hydrogen-bond donors (Lipinski definition) is 2. The number of rotatable bonds is 5. The Morgan fingerprint density at radius 2 is 1.59 bits per heavy atom.